The molecule has 0 saturated carbocycles. The van der Waals surface area contributed by atoms with Crippen LogP contribution in [0.5, 0.6) is 11.5 Å². The van der Waals surface area contributed by atoms with Crippen LogP contribution < -0.4 is 14.8 Å². The van der Waals surface area contributed by atoms with Gasteiger partial charge in [-0.25, -0.2) is 0 Å². The Morgan fingerprint density at radius 1 is 1.52 bits per heavy atom. The van der Waals surface area contributed by atoms with E-state index in [2.05, 4.69) is 31.4 Å². The lowest BCUT2D eigenvalue weighted by molar-refractivity contribution is -0.385. The third kappa shape index (κ3) is 4.74. The smallest absolute Gasteiger partial charge is 0.305 e. The van der Waals surface area contributed by atoms with Crippen molar-refractivity contribution in [2.75, 3.05) is 14.2 Å². The number of nitrogens with one attached hydrogen (secondary N) is 1. The Hall–Kier alpha value is -2.67. The lowest BCUT2D eigenvalue weighted by Gasteiger charge is -2.11. The van der Waals surface area contributed by atoms with E-state index in [4.69, 9.17) is 14.6 Å². The fraction of sp³-hybridized carbons (Fsp3) is 0.286. The van der Waals surface area contributed by atoms with Crippen molar-refractivity contribution in [3.8, 4) is 11.5 Å². The number of carbonyl (C=O) groups excluding carboxylic acids is 1. The Bertz CT molecular complexity index is 858. The van der Waals surface area contributed by atoms with E-state index in [0.717, 1.165) is 11.8 Å². The molecule has 11 nitrogen and oxygen atoms in total. The predicted octanol–water partition coefficient (Wildman–Crippen LogP) is 1.77. The number of halogens is 1. The number of nitro benzene ring substituents is 1. The van der Waals surface area contributed by atoms with E-state index in [-0.39, 0.29) is 38.8 Å². The molecule has 1 fully saturated rings. The van der Waals surface area contributed by atoms with Gasteiger partial charge in [0.2, 0.25) is 5.91 Å². The highest BCUT2D eigenvalue weighted by atomic mass is 79.9. The second kappa shape index (κ2) is 8.81. The van der Waals surface area contributed by atoms with Gasteiger partial charge in [-0.05, 0) is 15.9 Å². The van der Waals surface area contributed by atoms with Crippen LogP contribution in [-0.2, 0) is 9.59 Å². The third-order valence-electron chi connectivity index (χ3n) is 3.29. The zero-order valence-electron chi connectivity index (χ0n) is 14.0. The van der Waals surface area contributed by atoms with Crippen molar-refractivity contribution < 1.29 is 29.1 Å². The molecule has 1 atom stereocenters. The van der Waals surface area contributed by atoms with Crippen molar-refractivity contribution in [2.45, 2.75) is 11.7 Å². The largest absolute Gasteiger partial charge is 0.493 e. The second-order valence-corrected chi connectivity index (χ2v) is 6.94. The van der Waals surface area contributed by atoms with Crippen LogP contribution >= 0.6 is 27.7 Å². The lowest BCUT2D eigenvalue weighted by atomic mass is 10.1. The average Bonchev–Trinajstić information content (AvgIpc) is 2.94. The number of hydrogen-bond acceptors (Lipinski definition) is 9. The molecule has 2 N–H and O–H groups in total. The number of carbonyl (C=O) groups is 2. The highest BCUT2D eigenvalue weighted by Crippen LogP contribution is 2.41. The van der Waals surface area contributed by atoms with Gasteiger partial charge in [0.25, 0.3) is 5.69 Å². The molecule has 1 aliphatic heterocycles. The summed E-state index contributed by atoms with van der Waals surface area (Å²) in [4.78, 5) is 33.0. The van der Waals surface area contributed by atoms with Crippen LogP contribution in [0.15, 0.2) is 20.7 Å². The Morgan fingerprint density at radius 3 is 2.78 bits per heavy atom. The standard InChI is InChI=1S/C14H13BrN4O7S/c1-25-8-3-7(19(23)24)11(15)6(12(8)26-2)5-16-18-14-17-13(22)9(27-14)4-10(20)21/h3,5,9H,4H2,1-2H3,(H,20,21)(H,17,18,22). The fourth-order valence-corrected chi connectivity index (χ4v) is 3.57. The molecule has 1 aliphatic rings. The summed E-state index contributed by atoms with van der Waals surface area (Å²) in [5.41, 5.74) is -0.0453. The molecule has 1 amide bonds. The maximum Gasteiger partial charge on any atom is 0.305 e. The van der Waals surface area contributed by atoms with Gasteiger partial charge in [-0.3, -0.25) is 19.7 Å². The van der Waals surface area contributed by atoms with E-state index in [9.17, 15) is 19.7 Å². The molecular weight excluding hydrogens is 448 g/mol. The van der Waals surface area contributed by atoms with E-state index < -0.39 is 22.0 Å². The van der Waals surface area contributed by atoms with E-state index in [1.807, 2.05) is 0 Å². The van der Waals surface area contributed by atoms with Crippen LogP contribution in [-0.4, -0.2) is 52.8 Å². The van der Waals surface area contributed by atoms with Crippen molar-refractivity contribution in [3.63, 3.8) is 0 Å². The zero-order valence-corrected chi connectivity index (χ0v) is 16.4. The predicted molar refractivity (Wildman–Crippen MR) is 101 cm³/mol. The summed E-state index contributed by atoms with van der Waals surface area (Å²) < 4.78 is 10.4. The summed E-state index contributed by atoms with van der Waals surface area (Å²) in [6, 6.07) is 1.20. The third-order valence-corrected chi connectivity index (χ3v) is 5.20. The summed E-state index contributed by atoms with van der Waals surface area (Å²) in [5.74, 6) is -1.26. The summed E-state index contributed by atoms with van der Waals surface area (Å²) in [6.45, 7) is 0. The highest BCUT2D eigenvalue weighted by Gasteiger charge is 2.32. The average molecular weight is 461 g/mol. The van der Waals surface area contributed by atoms with Crippen LogP contribution in [0.3, 0.4) is 0 Å². The normalized spacial score (nSPS) is 18.0. The van der Waals surface area contributed by atoms with Crippen molar-refractivity contribution in [3.05, 3.63) is 26.2 Å². The summed E-state index contributed by atoms with van der Waals surface area (Å²) in [5, 5.41) is 29.3. The van der Waals surface area contributed by atoms with E-state index in [1.54, 1.807) is 0 Å². The summed E-state index contributed by atoms with van der Waals surface area (Å²) in [6.07, 6.45) is 0.851. The van der Waals surface area contributed by atoms with Gasteiger partial charge in [-0.1, -0.05) is 11.8 Å². The van der Waals surface area contributed by atoms with Gasteiger partial charge in [-0.15, -0.1) is 5.10 Å². The molecule has 1 saturated heterocycles. The molecule has 0 bridgehead atoms. The summed E-state index contributed by atoms with van der Waals surface area (Å²) >= 11 is 4.07. The number of amidine groups is 1. The zero-order chi connectivity index (χ0) is 20.1. The number of methoxy groups -OCH3 is 2. The Kier molecular flexibility index (Phi) is 6.74. The molecule has 13 heteroatoms. The first-order chi connectivity index (χ1) is 12.8. The van der Waals surface area contributed by atoms with Gasteiger partial charge in [0.1, 0.15) is 9.72 Å². The van der Waals surface area contributed by atoms with Crippen LogP contribution in [0.25, 0.3) is 0 Å². The maximum atomic E-state index is 11.7. The Morgan fingerprint density at radius 2 is 2.22 bits per heavy atom. The van der Waals surface area contributed by atoms with Gasteiger partial charge in [0, 0.05) is 0 Å². The Labute approximate surface area is 165 Å². The first-order valence-electron chi connectivity index (χ1n) is 7.17. The molecular formula is C14H13BrN4O7S. The number of hydrogen-bond donors (Lipinski definition) is 2. The highest BCUT2D eigenvalue weighted by molar-refractivity contribution is 9.10. The number of aliphatic carboxylic acids is 1. The van der Waals surface area contributed by atoms with E-state index >= 15 is 0 Å². The first-order valence-corrected chi connectivity index (χ1v) is 8.85. The minimum atomic E-state index is -1.11. The molecule has 27 heavy (non-hydrogen) atoms. The Balaban J connectivity index is 2.34. The second-order valence-electron chi connectivity index (χ2n) is 4.96. The topological polar surface area (TPSA) is 153 Å². The number of ether oxygens (including phenoxy) is 2. The number of benzene rings is 1. The van der Waals surface area contributed by atoms with Crippen LogP contribution in [0, 0.1) is 10.1 Å². The number of nitro groups is 1. The fourth-order valence-electron chi connectivity index (χ4n) is 2.12. The van der Waals surface area contributed by atoms with Crippen molar-refractivity contribution in [2.24, 2.45) is 10.2 Å². The first kappa shape index (κ1) is 20.6. The van der Waals surface area contributed by atoms with E-state index in [0.29, 0.717) is 0 Å². The maximum absolute atomic E-state index is 11.7. The van der Waals surface area contributed by atoms with Gasteiger partial charge in [-0.2, -0.15) is 5.10 Å². The molecule has 1 aromatic carbocycles. The molecule has 0 aromatic heterocycles. The van der Waals surface area contributed by atoms with Crippen LogP contribution in [0.1, 0.15) is 12.0 Å². The minimum Gasteiger partial charge on any atom is -0.493 e. The SMILES string of the molecule is COc1cc([N+](=O)[O-])c(Br)c(C=NN=C2NC(=O)C(CC(=O)O)S2)c1OC. The van der Waals surface area contributed by atoms with Crippen molar-refractivity contribution in [1.29, 1.82) is 0 Å². The van der Waals surface area contributed by atoms with E-state index in [1.165, 1.54) is 26.5 Å². The minimum absolute atomic E-state index is 0.112. The van der Waals surface area contributed by atoms with Gasteiger partial charge in [0.15, 0.2) is 16.7 Å². The number of thioether (sulfide) groups is 1. The number of carboxylic acids is 1. The monoisotopic (exact) mass is 460 g/mol. The molecule has 0 radical (unpaired) electrons. The van der Waals surface area contributed by atoms with Crippen LogP contribution in [0.4, 0.5) is 5.69 Å². The molecule has 144 valence electrons. The number of carboxylic acid groups (broad SMARTS) is 1. The number of amides is 1. The number of rotatable bonds is 7. The quantitative estimate of drug-likeness (QED) is 0.354. The van der Waals surface area contributed by atoms with Gasteiger partial charge in [0.05, 0.1) is 43.4 Å². The molecule has 0 spiro atoms. The molecule has 0 aliphatic carbocycles. The van der Waals surface area contributed by atoms with Gasteiger partial charge < -0.3 is 19.9 Å². The molecule has 1 aromatic rings. The molecule has 1 unspecified atom stereocenters. The molecule has 1 heterocycles. The van der Waals surface area contributed by atoms with Gasteiger partial charge >= 0.3 is 5.97 Å². The van der Waals surface area contributed by atoms with Crippen molar-refractivity contribution >= 4 is 56.6 Å². The number of nitrogens with zero attached hydrogens (tertiary/aromatic N) is 3. The van der Waals surface area contributed by atoms with Crippen molar-refractivity contribution in [1.82, 2.24) is 5.32 Å². The molecule has 2 rings (SSSR count). The lowest BCUT2D eigenvalue weighted by Crippen LogP contribution is -2.26. The summed E-state index contributed by atoms with van der Waals surface area (Å²) in [7, 11) is 2.70. The van der Waals surface area contributed by atoms with Crippen LogP contribution in [0.2, 0.25) is 0 Å².